The molecule has 2 saturated carbocycles. The van der Waals surface area contributed by atoms with Crippen molar-refractivity contribution in [3.63, 3.8) is 0 Å². The van der Waals surface area contributed by atoms with Gasteiger partial charge in [0.25, 0.3) is 0 Å². The fourth-order valence-corrected chi connectivity index (χ4v) is 4.97. The van der Waals surface area contributed by atoms with Crippen LogP contribution in [-0.2, 0) is 4.74 Å². The highest BCUT2D eigenvalue weighted by Gasteiger charge is 2.24. The normalized spacial score (nSPS) is 30.8. The van der Waals surface area contributed by atoms with Gasteiger partial charge in [-0.05, 0) is 69.6 Å². The predicted molar refractivity (Wildman–Crippen MR) is 110 cm³/mol. The molecule has 0 bridgehead atoms. The molecule has 146 valence electrons. The van der Waals surface area contributed by atoms with Crippen molar-refractivity contribution in [3.05, 3.63) is 12.2 Å². The molecule has 2 fully saturated rings. The number of rotatable bonds is 11. The SMILES string of the molecule is C/C=C/CCC1CCC(CCC2CCC(OCCCCC)CC2)CC1. The first kappa shape index (κ1) is 21.0. The lowest BCUT2D eigenvalue weighted by Crippen LogP contribution is -2.23. The first-order chi connectivity index (χ1) is 12.3. The van der Waals surface area contributed by atoms with Gasteiger partial charge in [0.1, 0.15) is 0 Å². The molecule has 0 aromatic rings. The Morgan fingerprint density at radius 1 is 0.760 bits per heavy atom. The van der Waals surface area contributed by atoms with Crippen molar-refractivity contribution in [1.82, 2.24) is 0 Å². The Morgan fingerprint density at radius 3 is 1.88 bits per heavy atom. The summed E-state index contributed by atoms with van der Waals surface area (Å²) in [6, 6.07) is 0. The number of allylic oxidation sites excluding steroid dienone is 2. The van der Waals surface area contributed by atoms with Gasteiger partial charge in [-0.2, -0.15) is 0 Å². The number of hydrogen-bond donors (Lipinski definition) is 0. The van der Waals surface area contributed by atoms with Gasteiger partial charge in [-0.15, -0.1) is 0 Å². The second-order valence-corrected chi connectivity index (χ2v) is 8.83. The van der Waals surface area contributed by atoms with E-state index in [0.29, 0.717) is 6.10 Å². The molecule has 0 spiro atoms. The quantitative estimate of drug-likeness (QED) is 0.274. The zero-order valence-electron chi connectivity index (χ0n) is 17.2. The van der Waals surface area contributed by atoms with Crippen LogP contribution in [0, 0.1) is 17.8 Å². The van der Waals surface area contributed by atoms with Crippen LogP contribution < -0.4 is 0 Å². The van der Waals surface area contributed by atoms with Gasteiger partial charge >= 0.3 is 0 Å². The van der Waals surface area contributed by atoms with E-state index >= 15 is 0 Å². The maximum Gasteiger partial charge on any atom is 0.0575 e. The lowest BCUT2D eigenvalue weighted by atomic mass is 9.76. The van der Waals surface area contributed by atoms with Crippen LogP contribution in [0.15, 0.2) is 12.2 Å². The summed E-state index contributed by atoms with van der Waals surface area (Å²) in [5.74, 6) is 3.07. The summed E-state index contributed by atoms with van der Waals surface area (Å²) in [7, 11) is 0. The maximum absolute atomic E-state index is 6.08. The third-order valence-electron chi connectivity index (χ3n) is 6.82. The van der Waals surface area contributed by atoms with Crippen molar-refractivity contribution < 1.29 is 4.74 Å². The molecule has 0 aliphatic heterocycles. The molecule has 0 saturated heterocycles. The number of ether oxygens (including phenoxy) is 1. The van der Waals surface area contributed by atoms with Crippen molar-refractivity contribution in [2.24, 2.45) is 17.8 Å². The topological polar surface area (TPSA) is 9.23 Å². The van der Waals surface area contributed by atoms with E-state index in [-0.39, 0.29) is 0 Å². The molecule has 0 amide bonds. The van der Waals surface area contributed by atoms with Crippen molar-refractivity contribution in [2.75, 3.05) is 6.61 Å². The number of unbranched alkanes of at least 4 members (excludes halogenated alkanes) is 2. The smallest absolute Gasteiger partial charge is 0.0575 e. The Bertz CT molecular complexity index is 332. The van der Waals surface area contributed by atoms with E-state index in [9.17, 15) is 0 Å². The van der Waals surface area contributed by atoms with Gasteiger partial charge in [0.2, 0.25) is 0 Å². The molecule has 0 N–H and O–H groups in total. The van der Waals surface area contributed by atoms with E-state index in [1.54, 1.807) is 0 Å². The van der Waals surface area contributed by atoms with E-state index in [4.69, 9.17) is 4.74 Å². The minimum Gasteiger partial charge on any atom is -0.378 e. The molecule has 0 aromatic carbocycles. The van der Waals surface area contributed by atoms with Gasteiger partial charge in [0, 0.05) is 6.61 Å². The molecule has 1 nitrogen and oxygen atoms in total. The Morgan fingerprint density at radius 2 is 1.32 bits per heavy atom. The summed E-state index contributed by atoms with van der Waals surface area (Å²) in [4.78, 5) is 0. The molecule has 0 unspecified atom stereocenters. The fraction of sp³-hybridized carbons (Fsp3) is 0.917. The van der Waals surface area contributed by atoms with Gasteiger partial charge in [0.05, 0.1) is 6.10 Å². The minimum absolute atomic E-state index is 0.584. The van der Waals surface area contributed by atoms with E-state index in [0.717, 1.165) is 24.4 Å². The molecule has 0 atom stereocenters. The van der Waals surface area contributed by atoms with Gasteiger partial charge in [0.15, 0.2) is 0 Å². The first-order valence-corrected chi connectivity index (χ1v) is 11.5. The van der Waals surface area contributed by atoms with Crippen LogP contribution >= 0.6 is 0 Å². The Hall–Kier alpha value is -0.300. The summed E-state index contributed by atoms with van der Waals surface area (Å²) in [5.41, 5.74) is 0. The molecule has 2 aliphatic carbocycles. The largest absolute Gasteiger partial charge is 0.378 e. The molecular weight excluding hydrogens is 304 g/mol. The van der Waals surface area contributed by atoms with Crippen molar-refractivity contribution in [2.45, 2.75) is 116 Å². The molecular formula is C24H44O. The molecule has 0 aromatic heterocycles. The van der Waals surface area contributed by atoms with Crippen LogP contribution in [0.25, 0.3) is 0 Å². The lowest BCUT2D eigenvalue weighted by Gasteiger charge is -2.32. The highest BCUT2D eigenvalue weighted by molar-refractivity contribution is 4.81. The van der Waals surface area contributed by atoms with Crippen molar-refractivity contribution in [1.29, 1.82) is 0 Å². The van der Waals surface area contributed by atoms with Crippen LogP contribution in [0.4, 0.5) is 0 Å². The van der Waals surface area contributed by atoms with Crippen molar-refractivity contribution in [3.8, 4) is 0 Å². The maximum atomic E-state index is 6.08. The summed E-state index contributed by atoms with van der Waals surface area (Å²) < 4.78 is 6.08. The van der Waals surface area contributed by atoms with Crippen LogP contribution in [0.5, 0.6) is 0 Å². The second-order valence-electron chi connectivity index (χ2n) is 8.83. The zero-order chi connectivity index (χ0) is 17.7. The zero-order valence-corrected chi connectivity index (χ0v) is 17.2. The van der Waals surface area contributed by atoms with Crippen LogP contribution in [0.1, 0.15) is 110 Å². The Balaban J connectivity index is 1.49. The average molecular weight is 349 g/mol. The minimum atomic E-state index is 0.584. The molecule has 0 heterocycles. The molecule has 1 heteroatoms. The summed E-state index contributed by atoms with van der Waals surface area (Å²) in [6.45, 7) is 5.41. The molecule has 2 aliphatic rings. The average Bonchev–Trinajstić information content (AvgIpc) is 2.66. The van der Waals surface area contributed by atoms with Gasteiger partial charge in [-0.25, -0.2) is 0 Å². The molecule has 25 heavy (non-hydrogen) atoms. The van der Waals surface area contributed by atoms with Gasteiger partial charge in [-0.3, -0.25) is 0 Å². The molecule has 2 rings (SSSR count). The van der Waals surface area contributed by atoms with Gasteiger partial charge < -0.3 is 4.74 Å². The third kappa shape index (κ3) is 8.76. The summed E-state index contributed by atoms with van der Waals surface area (Å²) >= 11 is 0. The lowest BCUT2D eigenvalue weighted by molar-refractivity contribution is 0.0146. The standard InChI is InChI=1S/C24H44O/c1-3-5-7-9-21-10-12-22(13-11-21)14-15-23-16-18-24(19-17-23)25-20-8-6-4-2/h3,5,21-24H,4,6-20H2,1-2H3/b5-3+. The van der Waals surface area contributed by atoms with Crippen LogP contribution in [-0.4, -0.2) is 12.7 Å². The van der Waals surface area contributed by atoms with E-state index in [1.807, 2.05) is 0 Å². The van der Waals surface area contributed by atoms with Crippen molar-refractivity contribution >= 4 is 0 Å². The fourth-order valence-electron chi connectivity index (χ4n) is 4.97. The highest BCUT2D eigenvalue weighted by atomic mass is 16.5. The number of hydrogen-bond acceptors (Lipinski definition) is 1. The second kappa shape index (κ2) is 13.0. The monoisotopic (exact) mass is 348 g/mol. The van der Waals surface area contributed by atoms with E-state index in [1.165, 1.54) is 96.3 Å². The Labute approximate surface area is 158 Å². The summed E-state index contributed by atoms with van der Waals surface area (Å²) in [6.07, 6.45) is 26.3. The van der Waals surface area contributed by atoms with Crippen LogP contribution in [0.3, 0.4) is 0 Å². The predicted octanol–water partition coefficient (Wildman–Crippen LogP) is 7.69. The van der Waals surface area contributed by atoms with E-state index < -0.39 is 0 Å². The Kier molecular flexibility index (Phi) is 10.9. The molecule has 0 radical (unpaired) electrons. The highest BCUT2D eigenvalue weighted by Crippen LogP contribution is 2.37. The third-order valence-corrected chi connectivity index (χ3v) is 6.82. The van der Waals surface area contributed by atoms with Gasteiger partial charge in [-0.1, -0.05) is 70.4 Å². The summed E-state index contributed by atoms with van der Waals surface area (Å²) in [5, 5.41) is 0. The first-order valence-electron chi connectivity index (χ1n) is 11.5. The van der Waals surface area contributed by atoms with E-state index in [2.05, 4.69) is 26.0 Å². The van der Waals surface area contributed by atoms with Crippen LogP contribution in [0.2, 0.25) is 0 Å².